The molecule has 2 heterocycles. The molecule has 1 aliphatic rings. The zero-order valence-electron chi connectivity index (χ0n) is 16.4. The van der Waals surface area contributed by atoms with Crippen molar-refractivity contribution < 1.29 is 13.5 Å². The van der Waals surface area contributed by atoms with Crippen LogP contribution in [0.3, 0.4) is 0 Å². The van der Waals surface area contributed by atoms with Crippen molar-refractivity contribution in [2.75, 3.05) is 44.8 Å². The molecule has 1 saturated heterocycles. The van der Waals surface area contributed by atoms with Crippen molar-refractivity contribution in [3.05, 3.63) is 54.2 Å². The molecule has 3 rings (SSSR count). The number of aliphatic imine (C=N–C) groups is 1. The molecule has 2 aromatic rings. The number of halogens is 1. The van der Waals surface area contributed by atoms with Crippen molar-refractivity contribution in [2.45, 2.75) is 25.3 Å². The molecule has 0 saturated carbocycles. The first-order chi connectivity index (χ1) is 13.8. The van der Waals surface area contributed by atoms with E-state index in [1.54, 1.807) is 19.4 Å². The van der Waals surface area contributed by atoms with E-state index in [0.717, 1.165) is 50.6 Å². The van der Waals surface area contributed by atoms with E-state index >= 15 is 0 Å². The third-order valence-electron chi connectivity index (χ3n) is 4.76. The van der Waals surface area contributed by atoms with Gasteiger partial charge in [0.15, 0.2) is 5.96 Å². The van der Waals surface area contributed by atoms with Crippen LogP contribution in [0.2, 0.25) is 0 Å². The van der Waals surface area contributed by atoms with Crippen molar-refractivity contribution in [1.82, 2.24) is 10.6 Å². The normalized spacial score (nSPS) is 17.6. The van der Waals surface area contributed by atoms with Crippen LogP contribution in [0.5, 0.6) is 0 Å². The summed E-state index contributed by atoms with van der Waals surface area (Å²) in [6, 6.07) is 11.0. The second-order valence-electron chi connectivity index (χ2n) is 6.86. The molecule has 0 spiro atoms. The van der Waals surface area contributed by atoms with E-state index < -0.39 is 0 Å². The minimum Gasteiger partial charge on any atom is -0.469 e. The van der Waals surface area contributed by atoms with Gasteiger partial charge in [-0.25, -0.2) is 4.39 Å². The first kappa shape index (κ1) is 20.2. The number of hydrogen-bond acceptors (Lipinski definition) is 4. The van der Waals surface area contributed by atoms with E-state index in [1.165, 1.54) is 6.07 Å². The first-order valence-electron chi connectivity index (χ1n) is 9.82. The lowest BCUT2D eigenvalue weighted by atomic mass is 10.0. The lowest BCUT2D eigenvalue weighted by Crippen LogP contribution is -2.51. The minimum atomic E-state index is -0.172. The van der Waals surface area contributed by atoms with Gasteiger partial charge in [-0.3, -0.25) is 4.99 Å². The molecule has 7 heteroatoms. The summed E-state index contributed by atoms with van der Waals surface area (Å²) in [7, 11) is 1.67. The molecular weight excluding hydrogens is 359 g/mol. The summed E-state index contributed by atoms with van der Waals surface area (Å²) in [5, 5.41) is 6.86. The maximum Gasteiger partial charge on any atom is 0.191 e. The Morgan fingerprint density at radius 3 is 3.00 bits per heavy atom. The molecule has 152 valence electrons. The average molecular weight is 388 g/mol. The molecular formula is C21H29FN4O2. The number of rotatable bonds is 8. The van der Waals surface area contributed by atoms with Crippen LogP contribution >= 0.6 is 0 Å². The number of ether oxygens (including phenoxy) is 1. The standard InChI is InChI=1S/C21H29FN4O2/c1-27-15-12-24-21(23-11-10-18-7-5-14-28-18)25-17-6-4-13-26(16-17)20-9-3-2-8-19(20)22/h2-3,5,7-9,14,17H,4,6,10-13,15-16H2,1H3,(H2,23,24,25). The van der Waals surface area contributed by atoms with E-state index in [4.69, 9.17) is 9.15 Å². The molecule has 0 amide bonds. The van der Waals surface area contributed by atoms with Crippen molar-refractivity contribution in [3.8, 4) is 0 Å². The quantitative estimate of drug-likeness (QED) is 0.414. The largest absolute Gasteiger partial charge is 0.469 e. The summed E-state index contributed by atoms with van der Waals surface area (Å²) < 4.78 is 24.6. The fraction of sp³-hybridized carbons (Fsp3) is 0.476. The summed E-state index contributed by atoms with van der Waals surface area (Å²) in [4.78, 5) is 6.69. The number of benzene rings is 1. The van der Waals surface area contributed by atoms with Crippen LogP contribution in [0.1, 0.15) is 18.6 Å². The highest BCUT2D eigenvalue weighted by molar-refractivity contribution is 5.80. The van der Waals surface area contributed by atoms with Crippen LogP contribution in [0.25, 0.3) is 0 Å². The number of anilines is 1. The Balaban J connectivity index is 1.57. The maximum atomic E-state index is 14.1. The number of furan rings is 1. The highest BCUT2D eigenvalue weighted by Gasteiger charge is 2.22. The van der Waals surface area contributed by atoms with Crippen LogP contribution in [0.15, 0.2) is 52.1 Å². The first-order valence-corrected chi connectivity index (χ1v) is 9.82. The smallest absolute Gasteiger partial charge is 0.191 e. The predicted molar refractivity (Wildman–Crippen MR) is 109 cm³/mol. The van der Waals surface area contributed by atoms with Gasteiger partial charge in [-0.05, 0) is 37.1 Å². The van der Waals surface area contributed by atoms with Crippen molar-refractivity contribution in [3.63, 3.8) is 0 Å². The number of guanidine groups is 1. The van der Waals surface area contributed by atoms with Gasteiger partial charge in [0.25, 0.3) is 0 Å². The third kappa shape index (κ3) is 5.99. The second kappa shape index (κ2) is 10.7. The van der Waals surface area contributed by atoms with Gasteiger partial charge in [-0.15, -0.1) is 0 Å². The van der Waals surface area contributed by atoms with Crippen LogP contribution in [-0.4, -0.2) is 51.9 Å². The topological polar surface area (TPSA) is 62.0 Å². The molecule has 2 N–H and O–H groups in total. The van der Waals surface area contributed by atoms with Crippen LogP contribution < -0.4 is 15.5 Å². The Bertz CT molecular complexity index is 736. The van der Waals surface area contributed by atoms with Crippen molar-refractivity contribution >= 4 is 11.6 Å². The fourth-order valence-corrected chi connectivity index (χ4v) is 3.38. The number of para-hydroxylation sites is 1. The summed E-state index contributed by atoms with van der Waals surface area (Å²) in [6.45, 7) is 3.47. The Hall–Kier alpha value is -2.54. The van der Waals surface area contributed by atoms with Gasteiger partial charge in [0.05, 0.1) is 25.1 Å². The van der Waals surface area contributed by atoms with Gasteiger partial charge in [-0.1, -0.05) is 12.1 Å². The zero-order valence-corrected chi connectivity index (χ0v) is 16.4. The molecule has 0 radical (unpaired) electrons. The van der Waals surface area contributed by atoms with Gasteiger partial charge in [0, 0.05) is 39.2 Å². The van der Waals surface area contributed by atoms with Crippen molar-refractivity contribution in [1.29, 1.82) is 0 Å². The number of piperidine rings is 1. The Kier molecular flexibility index (Phi) is 7.72. The molecule has 1 aromatic carbocycles. The molecule has 28 heavy (non-hydrogen) atoms. The number of hydrogen-bond donors (Lipinski definition) is 2. The van der Waals surface area contributed by atoms with Crippen LogP contribution in [0, 0.1) is 5.82 Å². The zero-order chi connectivity index (χ0) is 19.6. The summed E-state index contributed by atoms with van der Waals surface area (Å²) in [5.41, 5.74) is 0.664. The lowest BCUT2D eigenvalue weighted by Gasteiger charge is -2.35. The highest BCUT2D eigenvalue weighted by atomic mass is 19.1. The predicted octanol–water partition coefficient (Wildman–Crippen LogP) is 2.81. The number of nitrogens with zero attached hydrogens (tertiary/aromatic N) is 2. The molecule has 1 unspecified atom stereocenters. The fourth-order valence-electron chi connectivity index (χ4n) is 3.38. The van der Waals surface area contributed by atoms with E-state index in [1.807, 2.05) is 24.3 Å². The molecule has 1 fully saturated rings. The van der Waals surface area contributed by atoms with Crippen LogP contribution in [0.4, 0.5) is 10.1 Å². The van der Waals surface area contributed by atoms with Crippen LogP contribution in [-0.2, 0) is 11.2 Å². The SMILES string of the molecule is COCCN=C(NCCc1ccco1)NC1CCCN(c2ccccc2F)C1. The summed E-state index contributed by atoms with van der Waals surface area (Å²) in [6.07, 6.45) is 4.49. The average Bonchev–Trinajstić information content (AvgIpc) is 3.22. The Morgan fingerprint density at radius 2 is 2.21 bits per heavy atom. The number of nitrogens with one attached hydrogen (secondary N) is 2. The van der Waals surface area contributed by atoms with Gasteiger partial charge in [0.2, 0.25) is 0 Å². The highest BCUT2D eigenvalue weighted by Crippen LogP contribution is 2.22. The Labute approximate surface area is 165 Å². The molecule has 1 aromatic heterocycles. The van der Waals surface area contributed by atoms with E-state index in [0.29, 0.717) is 18.8 Å². The minimum absolute atomic E-state index is 0.172. The third-order valence-corrected chi connectivity index (χ3v) is 4.76. The summed E-state index contributed by atoms with van der Waals surface area (Å²) >= 11 is 0. The molecule has 6 nitrogen and oxygen atoms in total. The van der Waals surface area contributed by atoms with E-state index in [9.17, 15) is 4.39 Å². The molecule has 0 bridgehead atoms. The monoisotopic (exact) mass is 388 g/mol. The van der Waals surface area contributed by atoms with Gasteiger partial charge >= 0.3 is 0 Å². The lowest BCUT2D eigenvalue weighted by molar-refractivity contribution is 0.207. The van der Waals surface area contributed by atoms with Crippen molar-refractivity contribution in [2.24, 2.45) is 4.99 Å². The molecule has 0 aliphatic carbocycles. The van der Waals surface area contributed by atoms with E-state index in [-0.39, 0.29) is 11.9 Å². The summed E-state index contributed by atoms with van der Waals surface area (Å²) in [5.74, 6) is 1.52. The molecule has 1 aliphatic heterocycles. The van der Waals surface area contributed by atoms with E-state index in [2.05, 4.69) is 20.5 Å². The maximum absolute atomic E-state index is 14.1. The second-order valence-corrected chi connectivity index (χ2v) is 6.86. The Morgan fingerprint density at radius 1 is 1.32 bits per heavy atom. The number of methoxy groups -OCH3 is 1. The molecule has 1 atom stereocenters. The van der Waals surface area contributed by atoms with Gasteiger partial charge < -0.3 is 24.7 Å². The van der Waals surface area contributed by atoms with Gasteiger partial charge in [-0.2, -0.15) is 0 Å². The van der Waals surface area contributed by atoms with Gasteiger partial charge in [0.1, 0.15) is 11.6 Å².